The molecule has 1 aromatic carbocycles. The van der Waals surface area contributed by atoms with Gasteiger partial charge in [-0.25, -0.2) is 4.98 Å². The molecule has 4 atom stereocenters. The molecule has 2 aromatic rings. The second-order valence-corrected chi connectivity index (χ2v) is 9.19. The molecule has 0 spiro atoms. The number of para-hydroxylation sites is 1. The molecule has 2 aliphatic carbocycles. The Balaban J connectivity index is 0.000000355. The van der Waals surface area contributed by atoms with E-state index in [4.69, 9.17) is 24.5 Å². The largest absolute Gasteiger partial charge is 0.481 e. The number of amides is 1. The number of carboxylic acids is 2. The van der Waals surface area contributed by atoms with Crippen LogP contribution in [0.15, 0.2) is 24.5 Å². The molecule has 3 aliphatic rings. The standard InChI is InChI=1S/C20H26N4O2.2C2H4O2/c25-20(15-2-1-3-16-19(15)23-11-22-16)24-17-6-13-8-21-9-14(13)7-18(17)26-10-12-4-5-12;2*1-2(3)4/h1-3,11-14,17-18,21H,4-10H2,(H,22,23)(H,24,25);2*1H3,(H,3,4)/t13-,14+,17-,18-;;/m0../s1. The monoisotopic (exact) mass is 474 g/mol. The number of benzene rings is 1. The number of aliphatic carboxylic acids is 2. The summed E-state index contributed by atoms with van der Waals surface area (Å²) in [6.45, 7) is 5.15. The zero-order valence-corrected chi connectivity index (χ0v) is 19.6. The highest BCUT2D eigenvalue weighted by Gasteiger charge is 2.41. The SMILES string of the molecule is CC(=O)O.CC(=O)O.O=C(N[C@H]1C[C@H]2CNC[C@H]2C[C@@H]1OCC1CC1)c1cccc2[nH]cnc12. The van der Waals surface area contributed by atoms with Crippen molar-refractivity contribution in [1.82, 2.24) is 20.6 Å². The van der Waals surface area contributed by atoms with Gasteiger partial charge in [0.15, 0.2) is 0 Å². The smallest absolute Gasteiger partial charge is 0.300 e. The highest BCUT2D eigenvalue weighted by Crippen LogP contribution is 2.36. The summed E-state index contributed by atoms with van der Waals surface area (Å²) in [5.41, 5.74) is 2.26. The van der Waals surface area contributed by atoms with Crippen LogP contribution in [0.2, 0.25) is 0 Å². The maximum absolute atomic E-state index is 13.0. The lowest BCUT2D eigenvalue weighted by atomic mass is 9.77. The van der Waals surface area contributed by atoms with Crippen molar-refractivity contribution in [2.75, 3.05) is 19.7 Å². The Kier molecular flexibility index (Phi) is 9.00. The summed E-state index contributed by atoms with van der Waals surface area (Å²) in [7, 11) is 0. The van der Waals surface area contributed by atoms with Crippen LogP contribution in [0.5, 0.6) is 0 Å². The molecule has 0 radical (unpaired) electrons. The Bertz CT molecular complexity index is 969. The van der Waals surface area contributed by atoms with Crippen LogP contribution >= 0.6 is 0 Å². The first-order valence-electron chi connectivity index (χ1n) is 11.7. The lowest BCUT2D eigenvalue weighted by molar-refractivity contribution is -0.135. The van der Waals surface area contributed by atoms with Crippen molar-refractivity contribution < 1.29 is 29.3 Å². The number of hydrogen-bond acceptors (Lipinski definition) is 6. The van der Waals surface area contributed by atoms with E-state index in [1.54, 1.807) is 6.33 Å². The molecule has 0 bridgehead atoms. The van der Waals surface area contributed by atoms with Crippen LogP contribution in [0, 0.1) is 17.8 Å². The van der Waals surface area contributed by atoms with Gasteiger partial charge in [-0.3, -0.25) is 14.4 Å². The van der Waals surface area contributed by atoms with E-state index in [-0.39, 0.29) is 18.1 Å². The van der Waals surface area contributed by atoms with E-state index in [1.807, 2.05) is 18.2 Å². The predicted molar refractivity (Wildman–Crippen MR) is 126 cm³/mol. The molecular weight excluding hydrogens is 440 g/mol. The number of aromatic amines is 1. The Morgan fingerprint density at radius 3 is 2.38 bits per heavy atom. The molecule has 3 fully saturated rings. The lowest BCUT2D eigenvalue weighted by Gasteiger charge is -2.38. The fraction of sp³-hybridized carbons (Fsp3) is 0.583. The molecule has 5 N–H and O–H groups in total. The third-order valence-corrected chi connectivity index (χ3v) is 6.27. The zero-order valence-electron chi connectivity index (χ0n) is 19.6. The molecule has 1 saturated heterocycles. The molecule has 10 nitrogen and oxygen atoms in total. The van der Waals surface area contributed by atoms with E-state index in [2.05, 4.69) is 20.6 Å². The van der Waals surface area contributed by atoms with E-state index in [9.17, 15) is 4.79 Å². The highest BCUT2D eigenvalue weighted by atomic mass is 16.5. The van der Waals surface area contributed by atoms with Gasteiger partial charge in [-0.2, -0.15) is 0 Å². The average molecular weight is 475 g/mol. The molecular formula is C24H34N4O6. The topological polar surface area (TPSA) is 154 Å². The lowest BCUT2D eigenvalue weighted by Crippen LogP contribution is -2.50. The summed E-state index contributed by atoms with van der Waals surface area (Å²) in [5, 5.41) is 21.6. The number of nitrogens with zero attached hydrogens (tertiary/aromatic N) is 1. The second kappa shape index (κ2) is 11.9. The number of ether oxygens (including phenoxy) is 1. The number of carbonyl (C=O) groups is 3. The average Bonchev–Trinajstić information content (AvgIpc) is 3.26. The summed E-state index contributed by atoms with van der Waals surface area (Å²) >= 11 is 0. The minimum Gasteiger partial charge on any atom is -0.481 e. The van der Waals surface area contributed by atoms with Crippen molar-refractivity contribution in [3.63, 3.8) is 0 Å². The quantitative estimate of drug-likeness (QED) is 0.442. The summed E-state index contributed by atoms with van der Waals surface area (Å²) in [6, 6.07) is 5.77. The number of hydrogen-bond donors (Lipinski definition) is 5. The summed E-state index contributed by atoms with van der Waals surface area (Å²) in [5.74, 6) is 0.352. The summed E-state index contributed by atoms with van der Waals surface area (Å²) in [4.78, 5) is 38.4. The maximum Gasteiger partial charge on any atom is 0.300 e. The minimum atomic E-state index is -0.833. The molecule has 1 amide bonds. The van der Waals surface area contributed by atoms with Crippen molar-refractivity contribution >= 4 is 28.9 Å². The van der Waals surface area contributed by atoms with Crippen LogP contribution in [-0.4, -0.2) is 69.9 Å². The minimum absolute atomic E-state index is 0.0443. The maximum atomic E-state index is 13.0. The number of rotatable bonds is 5. The van der Waals surface area contributed by atoms with E-state index < -0.39 is 11.9 Å². The Labute approximate surface area is 198 Å². The van der Waals surface area contributed by atoms with Gasteiger partial charge < -0.3 is 30.6 Å². The summed E-state index contributed by atoms with van der Waals surface area (Å²) in [6.07, 6.45) is 6.38. The van der Waals surface area contributed by atoms with Gasteiger partial charge >= 0.3 is 0 Å². The van der Waals surface area contributed by atoms with Gasteiger partial charge in [0.2, 0.25) is 0 Å². The molecule has 186 valence electrons. The Morgan fingerprint density at radius 1 is 1.09 bits per heavy atom. The number of carbonyl (C=O) groups excluding carboxylic acids is 1. The van der Waals surface area contributed by atoms with Crippen LogP contribution in [0.25, 0.3) is 11.0 Å². The number of fused-ring (bicyclic) bond motifs is 2. The van der Waals surface area contributed by atoms with Crippen molar-refractivity contribution in [3.8, 4) is 0 Å². The predicted octanol–water partition coefficient (Wildman–Crippen LogP) is 2.27. The third-order valence-electron chi connectivity index (χ3n) is 6.27. The first-order valence-corrected chi connectivity index (χ1v) is 11.7. The van der Waals surface area contributed by atoms with Crippen LogP contribution in [0.3, 0.4) is 0 Å². The van der Waals surface area contributed by atoms with Crippen LogP contribution in [-0.2, 0) is 14.3 Å². The van der Waals surface area contributed by atoms with Gasteiger partial charge in [-0.05, 0) is 68.7 Å². The molecule has 0 unspecified atom stereocenters. The van der Waals surface area contributed by atoms with Gasteiger partial charge in [0.25, 0.3) is 17.8 Å². The Hall–Kier alpha value is -2.98. The molecule has 10 heteroatoms. The van der Waals surface area contributed by atoms with E-state index >= 15 is 0 Å². The van der Waals surface area contributed by atoms with Crippen molar-refractivity contribution in [1.29, 1.82) is 0 Å². The van der Waals surface area contributed by atoms with Crippen molar-refractivity contribution in [2.24, 2.45) is 17.8 Å². The van der Waals surface area contributed by atoms with E-state index in [1.165, 1.54) is 12.8 Å². The number of aromatic nitrogens is 2. The highest BCUT2D eigenvalue weighted by molar-refractivity contribution is 6.04. The van der Waals surface area contributed by atoms with Crippen LogP contribution in [0.4, 0.5) is 0 Å². The second-order valence-electron chi connectivity index (χ2n) is 9.19. The molecule has 1 aliphatic heterocycles. The fourth-order valence-electron chi connectivity index (χ4n) is 4.55. The number of nitrogens with one attached hydrogen (secondary N) is 3. The zero-order chi connectivity index (χ0) is 24.7. The summed E-state index contributed by atoms with van der Waals surface area (Å²) < 4.78 is 6.27. The van der Waals surface area contributed by atoms with Gasteiger partial charge in [0, 0.05) is 20.5 Å². The van der Waals surface area contributed by atoms with Crippen molar-refractivity contribution in [2.45, 2.75) is 51.7 Å². The van der Waals surface area contributed by atoms with Gasteiger partial charge in [0.1, 0.15) is 5.52 Å². The molecule has 2 heterocycles. The van der Waals surface area contributed by atoms with E-state index in [0.717, 1.165) is 63.3 Å². The first kappa shape index (κ1) is 25.6. The molecule has 2 saturated carbocycles. The molecule has 1 aromatic heterocycles. The van der Waals surface area contributed by atoms with Gasteiger partial charge in [-0.15, -0.1) is 0 Å². The number of imidazole rings is 1. The normalized spacial score (nSPS) is 25.2. The van der Waals surface area contributed by atoms with Gasteiger partial charge in [0.05, 0.1) is 29.6 Å². The van der Waals surface area contributed by atoms with Crippen molar-refractivity contribution in [3.05, 3.63) is 30.1 Å². The molecule has 34 heavy (non-hydrogen) atoms. The first-order chi connectivity index (χ1) is 16.2. The third kappa shape index (κ3) is 7.53. The van der Waals surface area contributed by atoms with Gasteiger partial charge in [-0.1, -0.05) is 6.07 Å². The number of H-pyrrole nitrogens is 1. The van der Waals surface area contributed by atoms with Crippen LogP contribution in [0.1, 0.15) is 49.9 Å². The fourth-order valence-corrected chi connectivity index (χ4v) is 4.55. The van der Waals surface area contributed by atoms with E-state index in [0.29, 0.717) is 17.4 Å². The van der Waals surface area contributed by atoms with Crippen LogP contribution < -0.4 is 10.6 Å². The number of carboxylic acid groups (broad SMARTS) is 2. The Morgan fingerprint density at radius 2 is 1.74 bits per heavy atom. The molecule has 5 rings (SSSR count).